The van der Waals surface area contributed by atoms with Crippen LogP contribution >= 0.6 is 0 Å². The summed E-state index contributed by atoms with van der Waals surface area (Å²) in [4.78, 5) is 15.0. The minimum Gasteiger partial charge on any atom is -0.314 e. The van der Waals surface area contributed by atoms with Crippen LogP contribution in [-0.2, 0) is 38.9 Å². The van der Waals surface area contributed by atoms with E-state index in [-0.39, 0.29) is 5.56 Å². The van der Waals surface area contributed by atoms with Crippen LogP contribution in [-0.4, -0.2) is 42.0 Å². The van der Waals surface area contributed by atoms with E-state index in [0.717, 1.165) is 74.6 Å². The van der Waals surface area contributed by atoms with Crippen LogP contribution in [0, 0.1) is 0 Å². The lowest BCUT2D eigenvalue weighted by Gasteiger charge is -2.24. The van der Waals surface area contributed by atoms with Crippen molar-refractivity contribution in [2.24, 2.45) is 0 Å². The lowest BCUT2D eigenvalue weighted by molar-refractivity contribution is 0.208. The average Bonchev–Trinajstić information content (AvgIpc) is 3.34. The monoisotopic (exact) mass is 368 g/mol. The number of aryl methyl sites for hydroxylation is 3. The second kappa shape index (κ2) is 7.19. The predicted octanol–water partition coefficient (Wildman–Crippen LogP) is 1.71. The summed E-state index contributed by atoms with van der Waals surface area (Å²) >= 11 is 0. The Bertz CT molecular complexity index is 885. The fraction of sp³-hybridized carbons (Fsp3) is 0.700. The lowest BCUT2D eigenvalue weighted by atomic mass is 10.2. The highest BCUT2D eigenvalue weighted by atomic mass is 16.1. The summed E-state index contributed by atoms with van der Waals surface area (Å²) in [5, 5.41) is 13.6. The Hall–Kier alpha value is -2.02. The SMILES string of the molecule is O=c1cc2c(nn1CC1CCCN1Cc1nnc3n1CCCCC3)CCC2. The Morgan fingerprint density at radius 1 is 1.00 bits per heavy atom. The quantitative estimate of drug-likeness (QED) is 0.822. The van der Waals surface area contributed by atoms with Gasteiger partial charge in [-0.15, -0.1) is 10.2 Å². The number of hydrogen-bond acceptors (Lipinski definition) is 5. The van der Waals surface area contributed by atoms with Gasteiger partial charge in [-0.3, -0.25) is 9.69 Å². The van der Waals surface area contributed by atoms with Crippen molar-refractivity contribution < 1.29 is 0 Å². The van der Waals surface area contributed by atoms with E-state index < -0.39 is 0 Å². The molecule has 0 bridgehead atoms. The molecule has 2 aliphatic heterocycles. The fourth-order valence-electron chi connectivity index (χ4n) is 4.92. The van der Waals surface area contributed by atoms with Crippen LogP contribution in [0.2, 0.25) is 0 Å². The number of nitrogens with zero attached hydrogens (tertiary/aromatic N) is 6. The maximum Gasteiger partial charge on any atom is 0.267 e. The summed E-state index contributed by atoms with van der Waals surface area (Å²) in [5.74, 6) is 2.24. The van der Waals surface area contributed by atoms with Gasteiger partial charge in [0, 0.05) is 25.1 Å². The van der Waals surface area contributed by atoms with Crippen LogP contribution < -0.4 is 5.56 Å². The third kappa shape index (κ3) is 3.33. The molecule has 0 aromatic carbocycles. The maximum absolute atomic E-state index is 12.5. The Morgan fingerprint density at radius 2 is 1.96 bits per heavy atom. The minimum absolute atomic E-state index is 0.0545. The molecule has 5 rings (SSSR count). The normalized spacial score (nSPS) is 22.6. The number of likely N-dealkylation sites (tertiary alicyclic amines) is 1. The van der Waals surface area contributed by atoms with Gasteiger partial charge in [0.1, 0.15) is 11.6 Å². The third-order valence-electron chi connectivity index (χ3n) is 6.44. The molecule has 1 fully saturated rings. The van der Waals surface area contributed by atoms with Crippen molar-refractivity contribution >= 4 is 0 Å². The van der Waals surface area contributed by atoms with Crippen molar-refractivity contribution in [2.45, 2.75) is 83.5 Å². The number of hydrogen-bond donors (Lipinski definition) is 0. The molecule has 0 radical (unpaired) electrons. The first-order chi connectivity index (χ1) is 13.3. The summed E-state index contributed by atoms with van der Waals surface area (Å²) < 4.78 is 4.04. The number of rotatable bonds is 4. The molecular weight excluding hydrogens is 340 g/mol. The second-order valence-electron chi connectivity index (χ2n) is 8.25. The zero-order valence-electron chi connectivity index (χ0n) is 15.9. The van der Waals surface area contributed by atoms with Gasteiger partial charge in [-0.1, -0.05) is 6.42 Å². The molecule has 2 aromatic rings. The summed E-state index contributed by atoms with van der Waals surface area (Å²) in [5.41, 5.74) is 2.34. The maximum atomic E-state index is 12.5. The summed E-state index contributed by atoms with van der Waals surface area (Å²) in [6.45, 7) is 3.62. The first-order valence-electron chi connectivity index (χ1n) is 10.5. The number of aromatic nitrogens is 5. The van der Waals surface area contributed by atoms with Gasteiger partial charge < -0.3 is 4.57 Å². The Balaban J connectivity index is 1.33. The standard InChI is InChI=1S/C20H28N6O/c27-20-12-15-6-4-8-17(15)23-26(20)13-16-7-5-10-24(16)14-19-22-21-18-9-2-1-3-11-25(18)19/h12,16H,1-11,13-14H2. The molecule has 144 valence electrons. The van der Waals surface area contributed by atoms with Crippen molar-refractivity contribution in [2.75, 3.05) is 6.54 Å². The van der Waals surface area contributed by atoms with E-state index in [1.54, 1.807) is 4.68 Å². The molecule has 0 amide bonds. The molecule has 0 saturated carbocycles. The summed E-state index contributed by atoms with van der Waals surface area (Å²) in [7, 11) is 0. The first kappa shape index (κ1) is 17.1. The predicted molar refractivity (Wildman–Crippen MR) is 102 cm³/mol. The molecule has 2 aromatic heterocycles. The lowest BCUT2D eigenvalue weighted by Crippen LogP contribution is -2.37. The molecule has 3 aliphatic rings. The van der Waals surface area contributed by atoms with Gasteiger partial charge in [-0.2, -0.15) is 5.10 Å². The van der Waals surface area contributed by atoms with Gasteiger partial charge in [-0.05, 0) is 57.1 Å². The number of fused-ring (bicyclic) bond motifs is 2. The van der Waals surface area contributed by atoms with E-state index in [4.69, 9.17) is 0 Å². The van der Waals surface area contributed by atoms with Crippen molar-refractivity contribution in [1.29, 1.82) is 0 Å². The van der Waals surface area contributed by atoms with Gasteiger partial charge in [-0.25, -0.2) is 4.68 Å². The molecule has 7 heteroatoms. The van der Waals surface area contributed by atoms with E-state index in [0.29, 0.717) is 12.6 Å². The van der Waals surface area contributed by atoms with E-state index >= 15 is 0 Å². The summed E-state index contributed by atoms with van der Waals surface area (Å²) in [6, 6.07) is 2.17. The third-order valence-corrected chi connectivity index (χ3v) is 6.44. The zero-order valence-corrected chi connectivity index (χ0v) is 15.9. The molecular formula is C20H28N6O. The fourth-order valence-corrected chi connectivity index (χ4v) is 4.92. The molecule has 4 heterocycles. The van der Waals surface area contributed by atoms with Crippen LogP contribution in [0.5, 0.6) is 0 Å². The molecule has 27 heavy (non-hydrogen) atoms. The van der Waals surface area contributed by atoms with Crippen molar-refractivity contribution in [3.8, 4) is 0 Å². The van der Waals surface area contributed by atoms with Crippen LogP contribution in [0.1, 0.15) is 61.4 Å². The van der Waals surface area contributed by atoms with E-state index in [9.17, 15) is 4.79 Å². The van der Waals surface area contributed by atoms with Crippen LogP contribution in [0.3, 0.4) is 0 Å². The van der Waals surface area contributed by atoms with E-state index in [1.165, 1.54) is 25.7 Å². The Labute approximate surface area is 159 Å². The molecule has 1 saturated heterocycles. The second-order valence-corrected chi connectivity index (χ2v) is 8.25. The molecule has 0 spiro atoms. The molecule has 1 aliphatic carbocycles. The Kier molecular flexibility index (Phi) is 4.55. The van der Waals surface area contributed by atoms with Crippen LogP contribution in [0.25, 0.3) is 0 Å². The average molecular weight is 368 g/mol. The van der Waals surface area contributed by atoms with E-state index in [1.807, 2.05) is 6.07 Å². The molecule has 7 nitrogen and oxygen atoms in total. The first-order valence-corrected chi connectivity index (χ1v) is 10.5. The van der Waals surface area contributed by atoms with Gasteiger partial charge in [0.15, 0.2) is 0 Å². The van der Waals surface area contributed by atoms with Gasteiger partial charge in [0.05, 0.1) is 18.8 Å². The van der Waals surface area contributed by atoms with Crippen molar-refractivity contribution in [3.05, 3.63) is 39.3 Å². The van der Waals surface area contributed by atoms with Crippen molar-refractivity contribution in [3.63, 3.8) is 0 Å². The molecule has 1 unspecified atom stereocenters. The van der Waals surface area contributed by atoms with Crippen molar-refractivity contribution in [1.82, 2.24) is 29.4 Å². The summed E-state index contributed by atoms with van der Waals surface area (Å²) in [6.07, 6.45) is 10.2. The van der Waals surface area contributed by atoms with Crippen LogP contribution in [0.15, 0.2) is 10.9 Å². The Morgan fingerprint density at radius 3 is 2.93 bits per heavy atom. The highest BCUT2D eigenvalue weighted by molar-refractivity contribution is 5.22. The minimum atomic E-state index is 0.0545. The zero-order chi connectivity index (χ0) is 18.2. The van der Waals surface area contributed by atoms with Gasteiger partial charge >= 0.3 is 0 Å². The molecule has 0 N–H and O–H groups in total. The van der Waals surface area contributed by atoms with E-state index in [2.05, 4.69) is 24.8 Å². The molecule has 1 atom stereocenters. The highest BCUT2D eigenvalue weighted by Crippen LogP contribution is 2.23. The van der Waals surface area contributed by atoms with Gasteiger partial charge in [0.2, 0.25) is 0 Å². The smallest absolute Gasteiger partial charge is 0.267 e. The van der Waals surface area contributed by atoms with Crippen LogP contribution in [0.4, 0.5) is 0 Å². The van der Waals surface area contributed by atoms with Gasteiger partial charge in [0.25, 0.3) is 5.56 Å². The largest absolute Gasteiger partial charge is 0.314 e. The highest BCUT2D eigenvalue weighted by Gasteiger charge is 2.28. The topological polar surface area (TPSA) is 68.8 Å².